The van der Waals surface area contributed by atoms with E-state index in [2.05, 4.69) is 19.2 Å². The molecular weight excluding hydrogens is 284 g/mol. The van der Waals surface area contributed by atoms with Gasteiger partial charge < -0.3 is 5.32 Å². The maximum absolute atomic E-state index is 12.7. The predicted molar refractivity (Wildman–Crippen MR) is 86.0 cm³/mol. The molecule has 0 bridgehead atoms. The molecule has 0 saturated carbocycles. The molecule has 2 rings (SSSR count). The molecule has 1 aliphatic heterocycles. The van der Waals surface area contributed by atoms with Gasteiger partial charge in [-0.1, -0.05) is 26.0 Å². The van der Waals surface area contributed by atoms with Crippen LogP contribution in [0.1, 0.15) is 45.6 Å². The van der Waals surface area contributed by atoms with Crippen LogP contribution in [-0.4, -0.2) is 37.9 Å². The number of sulfonamides is 1. The van der Waals surface area contributed by atoms with Crippen molar-refractivity contribution in [1.82, 2.24) is 9.62 Å². The molecule has 5 heteroatoms. The smallest absolute Gasteiger partial charge is 0.243 e. The second-order valence-electron chi connectivity index (χ2n) is 6.17. The molecule has 0 aliphatic carbocycles. The number of hydrogen-bond donors (Lipinski definition) is 1. The molecule has 3 unspecified atom stereocenters. The topological polar surface area (TPSA) is 49.4 Å². The van der Waals surface area contributed by atoms with E-state index in [1.54, 1.807) is 16.4 Å². The van der Waals surface area contributed by atoms with Gasteiger partial charge in [0, 0.05) is 25.2 Å². The van der Waals surface area contributed by atoms with Gasteiger partial charge in [0.1, 0.15) is 0 Å². The van der Waals surface area contributed by atoms with Gasteiger partial charge in [0.25, 0.3) is 0 Å². The number of benzene rings is 1. The summed E-state index contributed by atoms with van der Waals surface area (Å²) in [6.45, 7) is 9.38. The van der Waals surface area contributed by atoms with Gasteiger partial charge in [0.2, 0.25) is 10.0 Å². The zero-order valence-corrected chi connectivity index (χ0v) is 14.2. The Hall–Kier alpha value is -0.910. The number of piperazine rings is 1. The Bertz CT molecular complexity index is 558. The van der Waals surface area contributed by atoms with E-state index in [4.69, 9.17) is 0 Å². The second kappa shape index (κ2) is 6.46. The molecule has 3 atom stereocenters. The quantitative estimate of drug-likeness (QED) is 0.930. The molecule has 0 radical (unpaired) electrons. The number of nitrogens with one attached hydrogen (secondary N) is 1. The van der Waals surface area contributed by atoms with Crippen LogP contribution in [0.15, 0.2) is 29.2 Å². The predicted octanol–water partition coefficient (Wildman–Crippen LogP) is 2.57. The Kier molecular flexibility index (Phi) is 5.07. The summed E-state index contributed by atoms with van der Waals surface area (Å²) in [7, 11) is -3.38. The van der Waals surface area contributed by atoms with Crippen LogP contribution >= 0.6 is 0 Å². The minimum Gasteiger partial charge on any atom is -0.309 e. The molecule has 21 heavy (non-hydrogen) atoms. The molecule has 1 aromatic carbocycles. The summed E-state index contributed by atoms with van der Waals surface area (Å²) in [6.07, 6.45) is 1.05. The lowest BCUT2D eigenvalue weighted by Gasteiger charge is -2.35. The first kappa shape index (κ1) is 16.5. The highest BCUT2D eigenvalue weighted by molar-refractivity contribution is 7.89. The molecule has 1 aromatic rings. The Labute approximate surface area is 128 Å². The summed E-state index contributed by atoms with van der Waals surface area (Å²) >= 11 is 0. The van der Waals surface area contributed by atoms with Gasteiger partial charge in [-0.25, -0.2) is 8.42 Å². The van der Waals surface area contributed by atoms with Crippen LogP contribution in [0.2, 0.25) is 0 Å². The van der Waals surface area contributed by atoms with E-state index in [-0.39, 0.29) is 12.1 Å². The average molecular weight is 310 g/mol. The maximum Gasteiger partial charge on any atom is 0.243 e. The fourth-order valence-corrected chi connectivity index (χ4v) is 4.44. The lowest BCUT2D eigenvalue weighted by atomic mass is 9.99. The van der Waals surface area contributed by atoms with Crippen molar-refractivity contribution in [2.24, 2.45) is 0 Å². The maximum atomic E-state index is 12.7. The van der Waals surface area contributed by atoms with Crippen LogP contribution in [-0.2, 0) is 10.0 Å². The van der Waals surface area contributed by atoms with E-state index in [0.717, 1.165) is 6.42 Å². The number of hydrogen-bond acceptors (Lipinski definition) is 3. The fourth-order valence-electron chi connectivity index (χ4n) is 2.83. The summed E-state index contributed by atoms with van der Waals surface area (Å²) < 4.78 is 27.0. The summed E-state index contributed by atoms with van der Waals surface area (Å²) in [6, 6.07) is 7.74. The fraction of sp³-hybridized carbons (Fsp3) is 0.625. The van der Waals surface area contributed by atoms with Crippen molar-refractivity contribution in [1.29, 1.82) is 0 Å². The van der Waals surface area contributed by atoms with Crippen molar-refractivity contribution in [3.63, 3.8) is 0 Å². The zero-order valence-electron chi connectivity index (χ0n) is 13.3. The lowest BCUT2D eigenvalue weighted by molar-refractivity contribution is 0.263. The van der Waals surface area contributed by atoms with Crippen molar-refractivity contribution in [2.45, 2.75) is 57.0 Å². The van der Waals surface area contributed by atoms with Gasteiger partial charge >= 0.3 is 0 Å². The van der Waals surface area contributed by atoms with Gasteiger partial charge in [-0.05, 0) is 43.9 Å². The van der Waals surface area contributed by atoms with E-state index < -0.39 is 10.0 Å². The van der Waals surface area contributed by atoms with Gasteiger partial charge in [0.05, 0.1) is 4.90 Å². The average Bonchev–Trinajstić information content (AvgIpc) is 2.45. The Balaban J connectivity index is 2.23. The molecule has 1 saturated heterocycles. The molecule has 1 aliphatic rings. The summed E-state index contributed by atoms with van der Waals surface area (Å²) in [5.74, 6) is 0.459. The zero-order chi connectivity index (χ0) is 15.6. The first-order chi connectivity index (χ1) is 9.84. The minimum atomic E-state index is -3.38. The molecule has 0 spiro atoms. The monoisotopic (exact) mass is 310 g/mol. The van der Waals surface area contributed by atoms with Crippen molar-refractivity contribution in [2.75, 3.05) is 13.1 Å². The Morgan fingerprint density at radius 2 is 1.71 bits per heavy atom. The van der Waals surface area contributed by atoms with Crippen LogP contribution in [0.25, 0.3) is 0 Å². The SMILES string of the molecule is CCC(C)c1ccc(S(=O)(=O)N2CC(C)NC(C)C2)cc1. The largest absolute Gasteiger partial charge is 0.309 e. The van der Waals surface area contributed by atoms with Crippen molar-refractivity contribution in [3.05, 3.63) is 29.8 Å². The standard InChI is InChI=1S/C16H26N2O2S/c1-5-12(2)15-6-8-16(9-7-15)21(19,20)18-10-13(3)17-14(4)11-18/h6-9,12-14,17H,5,10-11H2,1-4H3. The Morgan fingerprint density at radius 1 is 1.19 bits per heavy atom. The molecule has 4 nitrogen and oxygen atoms in total. The summed E-state index contributed by atoms with van der Waals surface area (Å²) in [5.41, 5.74) is 1.19. The van der Waals surface area contributed by atoms with Gasteiger partial charge in [0.15, 0.2) is 0 Å². The first-order valence-electron chi connectivity index (χ1n) is 7.70. The van der Waals surface area contributed by atoms with Gasteiger partial charge in [-0.2, -0.15) is 4.31 Å². The second-order valence-corrected chi connectivity index (χ2v) is 8.11. The van der Waals surface area contributed by atoms with E-state index in [0.29, 0.717) is 23.9 Å². The van der Waals surface area contributed by atoms with Crippen LogP contribution in [0.4, 0.5) is 0 Å². The number of rotatable bonds is 4. The van der Waals surface area contributed by atoms with E-state index in [9.17, 15) is 8.42 Å². The third-order valence-electron chi connectivity index (χ3n) is 4.22. The first-order valence-corrected chi connectivity index (χ1v) is 9.14. The molecule has 0 aromatic heterocycles. The van der Waals surface area contributed by atoms with E-state index >= 15 is 0 Å². The van der Waals surface area contributed by atoms with Crippen LogP contribution in [0.3, 0.4) is 0 Å². The van der Waals surface area contributed by atoms with Crippen LogP contribution < -0.4 is 5.32 Å². The number of nitrogens with zero attached hydrogens (tertiary/aromatic N) is 1. The summed E-state index contributed by atoms with van der Waals surface area (Å²) in [4.78, 5) is 0.399. The molecule has 1 fully saturated rings. The molecule has 118 valence electrons. The van der Waals surface area contributed by atoms with Gasteiger partial charge in [-0.3, -0.25) is 0 Å². The highest BCUT2D eigenvalue weighted by Crippen LogP contribution is 2.23. The molecule has 1 heterocycles. The van der Waals surface area contributed by atoms with Crippen molar-refractivity contribution >= 4 is 10.0 Å². The molecule has 1 N–H and O–H groups in total. The van der Waals surface area contributed by atoms with Crippen molar-refractivity contribution < 1.29 is 8.42 Å². The van der Waals surface area contributed by atoms with Crippen LogP contribution in [0, 0.1) is 0 Å². The highest BCUT2D eigenvalue weighted by atomic mass is 32.2. The van der Waals surface area contributed by atoms with Crippen LogP contribution in [0.5, 0.6) is 0 Å². The van der Waals surface area contributed by atoms with E-state index in [1.807, 2.05) is 26.0 Å². The highest BCUT2D eigenvalue weighted by Gasteiger charge is 2.31. The Morgan fingerprint density at radius 3 is 2.19 bits per heavy atom. The minimum absolute atomic E-state index is 0.183. The summed E-state index contributed by atoms with van der Waals surface area (Å²) in [5, 5.41) is 3.36. The third-order valence-corrected chi connectivity index (χ3v) is 6.07. The molecular formula is C16H26N2O2S. The third kappa shape index (κ3) is 3.65. The van der Waals surface area contributed by atoms with Crippen molar-refractivity contribution in [3.8, 4) is 0 Å². The van der Waals surface area contributed by atoms with Gasteiger partial charge in [-0.15, -0.1) is 0 Å². The normalized spacial score (nSPS) is 25.7. The molecule has 0 amide bonds. The lowest BCUT2D eigenvalue weighted by Crippen LogP contribution is -2.55. The van der Waals surface area contributed by atoms with E-state index in [1.165, 1.54) is 5.56 Å².